The van der Waals surface area contributed by atoms with Crippen molar-refractivity contribution in [3.63, 3.8) is 0 Å². The first kappa shape index (κ1) is 17.0. The molecule has 0 rings (SSSR count). The van der Waals surface area contributed by atoms with Gasteiger partial charge in [-0.1, -0.05) is 20.8 Å². The third-order valence-corrected chi connectivity index (χ3v) is 8.91. The van der Waals surface area contributed by atoms with Crippen LogP contribution in [0.4, 0.5) is 0 Å². The SMILES string of the molecule is CC(C)(C)S(=O)/N=C\CO[Si](C)(C)C(C)(C)C. The van der Waals surface area contributed by atoms with Crippen molar-refractivity contribution in [2.24, 2.45) is 4.40 Å². The predicted molar refractivity (Wildman–Crippen MR) is 79.5 cm³/mol. The molecule has 5 heteroatoms. The second kappa shape index (κ2) is 5.76. The Labute approximate surface area is 110 Å². The zero-order valence-corrected chi connectivity index (χ0v) is 14.3. The van der Waals surface area contributed by atoms with Gasteiger partial charge in [-0.05, 0) is 38.9 Å². The van der Waals surface area contributed by atoms with E-state index in [0.717, 1.165) is 0 Å². The summed E-state index contributed by atoms with van der Waals surface area (Å²) >= 11 is 0. The minimum absolute atomic E-state index is 0.198. The molecule has 0 aromatic carbocycles. The van der Waals surface area contributed by atoms with E-state index < -0.39 is 19.3 Å². The highest BCUT2D eigenvalue weighted by molar-refractivity contribution is 7.85. The quantitative estimate of drug-likeness (QED) is 0.582. The molecule has 1 atom stereocenters. The van der Waals surface area contributed by atoms with Gasteiger partial charge in [-0.25, -0.2) is 4.21 Å². The van der Waals surface area contributed by atoms with E-state index in [1.54, 1.807) is 6.21 Å². The molecule has 0 bridgehead atoms. The van der Waals surface area contributed by atoms with Crippen molar-refractivity contribution in [3.05, 3.63) is 0 Å². The molecule has 102 valence electrons. The van der Waals surface area contributed by atoms with Crippen LogP contribution in [0.2, 0.25) is 18.1 Å². The molecule has 0 spiro atoms. The number of hydrogen-bond acceptors (Lipinski definition) is 2. The van der Waals surface area contributed by atoms with Gasteiger partial charge in [-0.3, -0.25) is 0 Å². The topological polar surface area (TPSA) is 38.7 Å². The molecule has 0 aliphatic heterocycles. The van der Waals surface area contributed by atoms with Gasteiger partial charge in [0.15, 0.2) is 8.32 Å². The van der Waals surface area contributed by atoms with Crippen molar-refractivity contribution < 1.29 is 8.63 Å². The zero-order chi connectivity index (χ0) is 13.9. The fourth-order valence-corrected chi connectivity index (χ4v) is 2.16. The lowest BCUT2D eigenvalue weighted by atomic mass is 10.2. The van der Waals surface area contributed by atoms with E-state index >= 15 is 0 Å². The van der Waals surface area contributed by atoms with Crippen LogP contribution in [0.3, 0.4) is 0 Å². The van der Waals surface area contributed by atoms with Gasteiger partial charge < -0.3 is 4.43 Å². The summed E-state index contributed by atoms with van der Waals surface area (Å²) in [6.45, 7) is 17.2. The standard InChI is InChI=1S/C12H27NO2SSi/c1-11(2,3)16(14)13-9-10-15-17(7,8)12(4,5)6/h9H,10H2,1-8H3/b13-9-. The minimum Gasteiger partial charge on any atom is -0.412 e. The van der Waals surface area contributed by atoms with Crippen LogP contribution in [-0.2, 0) is 15.4 Å². The molecule has 0 amide bonds. The highest BCUT2D eigenvalue weighted by Gasteiger charge is 2.36. The lowest BCUT2D eigenvalue weighted by Crippen LogP contribution is -2.41. The molecule has 1 unspecified atom stereocenters. The van der Waals surface area contributed by atoms with E-state index in [9.17, 15) is 4.21 Å². The fourth-order valence-electron chi connectivity index (χ4n) is 0.718. The summed E-state index contributed by atoms with van der Waals surface area (Å²) < 4.78 is 21.3. The maximum Gasteiger partial charge on any atom is 0.192 e. The molecule has 0 radical (unpaired) electrons. The minimum atomic E-state index is -1.71. The van der Waals surface area contributed by atoms with Crippen molar-refractivity contribution >= 4 is 25.5 Å². The first-order valence-corrected chi connectivity index (χ1v) is 9.98. The van der Waals surface area contributed by atoms with Crippen molar-refractivity contribution in [3.8, 4) is 0 Å². The highest BCUT2D eigenvalue weighted by Crippen LogP contribution is 2.36. The fraction of sp³-hybridized carbons (Fsp3) is 0.917. The van der Waals surface area contributed by atoms with Crippen molar-refractivity contribution in [1.82, 2.24) is 0 Å². The van der Waals surface area contributed by atoms with E-state index in [2.05, 4.69) is 38.3 Å². The molecule has 0 heterocycles. The predicted octanol–water partition coefficient (Wildman–Crippen LogP) is 3.54. The van der Waals surface area contributed by atoms with Gasteiger partial charge in [0, 0.05) is 6.21 Å². The van der Waals surface area contributed by atoms with Crippen LogP contribution in [-0.4, -0.2) is 30.1 Å². The van der Waals surface area contributed by atoms with Gasteiger partial charge in [-0.15, -0.1) is 0 Å². The lowest BCUT2D eigenvalue weighted by Gasteiger charge is -2.35. The zero-order valence-electron chi connectivity index (χ0n) is 12.5. The van der Waals surface area contributed by atoms with Crippen LogP contribution in [0.5, 0.6) is 0 Å². The summed E-state index contributed by atoms with van der Waals surface area (Å²) in [7, 11) is -2.89. The first-order valence-electron chi connectivity index (χ1n) is 5.96. The Hall–Kier alpha value is -0.00312. The Kier molecular flexibility index (Phi) is 5.76. The molecule has 0 aromatic heterocycles. The van der Waals surface area contributed by atoms with Crippen molar-refractivity contribution in [2.45, 2.75) is 64.4 Å². The van der Waals surface area contributed by atoms with Crippen LogP contribution in [0.25, 0.3) is 0 Å². The second-order valence-corrected chi connectivity index (χ2v) is 13.5. The summed E-state index contributed by atoms with van der Waals surface area (Å²) in [4.78, 5) is 0. The lowest BCUT2D eigenvalue weighted by molar-refractivity contribution is 0.343. The molecule has 0 aliphatic rings. The smallest absolute Gasteiger partial charge is 0.192 e. The van der Waals surface area contributed by atoms with E-state index in [4.69, 9.17) is 4.43 Å². The monoisotopic (exact) mass is 277 g/mol. The van der Waals surface area contributed by atoms with Gasteiger partial charge in [0.25, 0.3) is 0 Å². The van der Waals surface area contributed by atoms with Crippen molar-refractivity contribution in [2.75, 3.05) is 6.61 Å². The highest BCUT2D eigenvalue weighted by atomic mass is 32.2. The van der Waals surface area contributed by atoms with Gasteiger partial charge in [0.1, 0.15) is 11.0 Å². The molecule has 0 aliphatic carbocycles. The number of hydrogen-bond donors (Lipinski definition) is 0. The normalized spacial score (nSPS) is 16.5. The largest absolute Gasteiger partial charge is 0.412 e. The van der Waals surface area contributed by atoms with E-state index in [0.29, 0.717) is 6.61 Å². The van der Waals surface area contributed by atoms with Crippen LogP contribution in [0, 0.1) is 0 Å². The summed E-state index contributed by atoms with van der Waals surface area (Å²) in [5.41, 5.74) is 0. The number of rotatable bonds is 4. The molecule has 3 nitrogen and oxygen atoms in total. The van der Waals surface area contributed by atoms with Crippen molar-refractivity contribution in [1.29, 1.82) is 0 Å². The maximum atomic E-state index is 11.7. The molecule has 0 saturated carbocycles. The summed E-state index contributed by atoms with van der Waals surface area (Å²) in [6, 6.07) is 0. The molecule has 17 heavy (non-hydrogen) atoms. The van der Waals surface area contributed by atoms with Gasteiger partial charge >= 0.3 is 0 Å². The Morgan fingerprint density at radius 3 is 2.00 bits per heavy atom. The van der Waals surface area contributed by atoms with Crippen LogP contribution >= 0.6 is 0 Å². The Bertz CT molecular complexity index is 301. The maximum absolute atomic E-state index is 11.7. The van der Waals surface area contributed by atoms with E-state index in [1.807, 2.05) is 20.8 Å². The van der Waals surface area contributed by atoms with Crippen LogP contribution < -0.4 is 0 Å². The van der Waals surface area contributed by atoms with E-state index in [1.165, 1.54) is 0 Å². The summed E-state index contributed by atoms with van der Waals surface area (Å²) in [5.74, 6) is 0. The molecule has 0 aromatic rings. The Morgan fingerprint density at radius 1 is 1.18 bits per heavy atom. The molecule has 0 fully saturated rings. The molecular weight excluding hydrogens is 250 g/mol. The third-order valence-electron chi connectivity index (χ3n) is 3.02. The van der Waals surface area contributed by atoms with E-state index in [-0.39, 0.29) is 9.79 Å². The average Bonchev–Trinajstić information content (AvgIpc) is 2.08. The molecule has 0 saturated heterocycles. The Morgan fingerprint density at radius 2 is 1.65 bits per heavy atom. The first-order chi connectivity index (χ1) is 7.38. The van der Waals surface area contributed by atoms with Crippen LogP contribution in [0.15, 0.2) is 4.40 Å². The number of nitrogens with zero attached hydrogens (tertiary/aromatic N) is 1. The second-order valence-electron chi connectivity index (χ2n) is 6.72. The van der Waals surface area contributed by atoms with Gasteiger partial charge in [-0.2, -0.15) is 4.40 Å². The van der Waals surface area contributed by atoms with Gasteiger partial charge in [0.2, 0.25) is 0 Å². The Balaban J connectivity index is 4.27. The van der Waals surface area contributed by atoms with Gasteiger partial charge in [0.05, 0.1) is 11.4 Å². The molecular formula is C12H27NO2SSi. The summed E-state index contributed by atoms with van der Waals surface area (Å²) in [6.07, 6.45) is 1.64. The molecule has 0 N–H and O–H groups in total. The summed E-state index contributed by atoms with van der Waals surface area (Å²) in [5, 5.41) is 0.198. The average molecular weight is 278 g/mol. The third kappa shape index (κ3) is 5.93. The van der Waals surface area contributed by atoms with Crippen LogP contribution in [0.1, 0.15) is 41.5 Å².